The number of carbonyl (C=O) groups excluding carboxylic acids is 1. The molecule has 0 bridgehead atoms. The van der Waals surface area contributed by atoms with E-state index in [1.54, 1.807) is 0 Å². The summed E-state index contributed by atoms with van der Waals surface area (Å²) in [7, 11) is 0. The van der Waals surface area contributed by atoms with Crippen LogP contribution in [0.4, 0.5) is 0 Å². The third kappa shape index (κ3) is 8.85. The Hall–Kier alpha value is -0.890. The Morgan fingerprint density at radius 2 is 1.88 bits per heavy atom. The fourth-order valence-electron chi connectivity index (χ4n) is 2.97. The second-order valence-electron chi connectivity index (χ2n) is 8.39. The predicted octanol–water partition coefficient (Wildman–Crippen LogP) is 4.36. The van der Waals surface area contributed by atoms with Gasteiger partial charge in [0.15, 0.2) is 6.29 Å². The summed E-state index contributed by atoms with van der Waals surface area (Å²) in [6, 6.07) is 0. The van der Waals surface area contributed by atoms with E-state index in [1.165, 1.54) is 0 Å². The molecule has 4 nitrogen and oxygen atoms in total. The van der Waals surface area contributed by atoms with E-state index in [-0.39, 0.29) is 23.2 Å². The first-order chi connectivity index (χ1) is 11.8. The molecular formula is C21H36O4. The van der Waals surface area contributed by atoms with Crippen LogP contribution in [-0.2, 0) is 19.0 Å². The molecule has 0 aromatic heterocycles. The van der Waals surface area contributed by atoms with Gasteiger partial charge >= 0.3 is 0 Å². The first-order valence-electron chi connectivity index (χ1n) is 9.58. The van der Waals surface area contributed by atoms with Crippen LogP contribution in [0.2, 0.25) is 0 Å². The molecule has 2 unspecified atom stereocenters. The molecule has 1 rings (SSSR count). The van der Waals surface area contributed by atoms with Crippen molar-refractivity contribution in [1.29, 1.82) is 0 Å². The van der Waals surface area contributed by atoms with Crippen molar-refractivity contribution >= 4 is 6.29 Å². The number of ether oxygens (including phenoxy) is 3. The number of rotatable bonds is 12. The predicted molar refractivity (Wildman–Crippen MR) is 100 cm³/mol. The van der Waals surface area contributed by atoms with Gasteiger partial charge < -0.3 is 19.0 Å². The Labute approximate surface area is 154 Å². The average molecular weight is 353 g/mol. The lowest BCUT2D eigenvalue weighted by molar-refractivity contribution is -0.195. The SMILES string of the molecule is C#CC(OC1CCCCO1)C(C)(C)CCCOCCCC(C)(C)C=O. The average Bonchev–Trinajstić information content (AvgIpc) is 2.59. The van der Waals surface area contributed by atoms with Gasteiger partial charge in [-0.2, -0.15) is 0 Å². The third-order valence-corrected chi connectivity index (χ3v) is 4.83. The fourth-order valence-corrected chi connectivity index (χ4v) is 2.97. The summed E-state index contributed by atoms with van der Waals surface area (Å²) < 4.78 is 17.4. The van der Waals surface area contributed by atoms with Gasteiger partial charge in [-0.25, -0.2) is 0 Å². The summed E-state index contributed by atoms with van der Waals surface area (Å²) in [4.78, 5) is 10.9. The zero-order valence-corrected chi connectivity index (χ0v) is 16.5. The van der Waals surface area contributed by atoms with Crippen LogP contribution >= 0.6 is 0 Å². The lowest BCUT2D eigenvalue weighted by Crippen LogP contribution is -2.36. The van der Waals surface area contributed by atoms with Crippen LogP contribution in [0.25, 0.3) is 0 Å². The molecule has 1 fully saturated rings. The van der Waals surface area contributed by atoms with Gasteiger partial charge in [-0.1, -0.05) is 33.6 Å². The molecule has 0 spiro atoms. The smallest absolute Gasteiger partial charge is 0.159 e. The Balaban J connectivity index is 2.22. The maximum absolute atomic E-state index is 10.9. The molecule has 1 saturated heterocycles. The third-order valence-electron chi connectivity index (χ3n) is 4.83. The van der Waals surface area contributed by atoms with Gasteiger partial charge in [-0.3, -0.25) is 0 Å². The Bertz CT molecular complexity index is 416. The molecule has 4 heteroatoms. The van der Waals surface area contributed by atoms with Crippen LogP contribution in [-0.4, -0.2) is 38.5 Å². The number of terminal acetylenes is 1. The molecule has 1 aliphatic rings. The minimum Gasteiger partial charge on any atom is -0.381 e. The van der Waals surface area contributed by atoms with Gasteiger partial charge in [0.25, 0.3) is 0 Å². The molecule has 0 amide bonds. The lowest BCUT2D eigenvalue weighted by Gasteiger charge is -2.34. The summed E-state index contributed by atoms with van der Waals surface area (Å²) in [5.74, 6) is 2.80. The molecule has 2 atom stereocenters. The summed E-state index contributed by atoms with van der Waals surface area (Å²) in [5.41, 5.74) is -0.359. The van der Waals surface area contributed by atoms with Crippen molar-refractivity contribution < 1.29 is 19.0 Å². The summed E-state index contributed by atoms with van der Waals surface area (Å²) >= 11 is 0. The van der Waals surface area contributed by atoms with Crippen LogP contribution < -0.4 is 0 Å². The van der Waals surface area contributed by atoms with Crippen molar-refractivity contribution in [2.75, 3.05) is 19.8 Å². The van der Waals surface area contributed by atoms with Crippen molar-refractivity contribution in [3.05, 3.63) is 0 Å². The first-order valence-corrected chi connectivity index (χ1v) is 9.58. The van der Waals surface area contributed by atoms with E-state index in [1.807, 2.05) is 13.8 Å². The van der Waals surface area contributed by atoms with Crippen LogP contribution in [0, 0.1) is 23.2 Å². The van der Waals surface area contributed by atoms with Crippen molar-refractivity contribution in [2.45, 2.75) is 85.0 Å². The maximum atomic E-state index is 10.9. The molecular weight excluding hydrogens is 316 g/mol. The Morgan fingerprint density at radius 3 is 2.44 bits per heavy atom. The van der Waals surface area contributed by atoms with Crippen molar-refractivity contribution in [3.63, 3.8) is 0 Å². The fraction of sp³-hybridized carbons (Fsp3) is 0.857. The zero-order valence-electron chi connectivity index (χ0n) is 16.5. The number of aldehydes is 1. The number of hydrogen-bond donors (Lipinski definition) is 0. The normalized spacial score (nSPS) is 20.0. The van der Waals surface area contributed by atoms with E-state index in [2.05, 4.69) is 19.8 Å². The van der Waals surface area contributed by atoms with Crippen LogP contribution in [0.3, 0.4) is 0 Å². The molecule has 0 aliphatic carbocycles. The molecule has 1 aliphatic heterocycles. The molecule has 0 aromatic carbocycles. The first kappa shape index (κ1) is 22.2. The van der Waals surface area contributed by atoms with Gasteiger partial charge in [-0.05, 0) is 44.9 Å². The molecule has 0 radical (unpaired) electrons. The highest BCUT2D eigenvalue weighted by Crippen LogP contribution is 2.31. The maximum Gasteiger partial charge on any atom is 0.159 e. The second kappa shape index (κ2) is 11.0. The monoisotopic (exact) mass is 352 g/mol. The van der Waals surface area contributed by atoms with E-state index < -0.39 is 0 Å². The number of carbonyl (C=O) groups is 1. The summed E-state index contributed by atoms with van der Waals surface area (Å²) in [5, 5.41) is 0. The highest BCUT2D eigenvalue weighted by molar-refractivity contribution is 5.57. The van der Waals surface area contributed by atoms with Crippen molar-refractivity contribution in [1.82, 2.24) is 0 Å². The van der Waals surface area contributed by atoms with Gasteiger partial charge in [0.1, 0.15) is 12.4 Å². The molecule has 25 heavy (non-hydrogen) atoms. The molecule has 1 heterocycles. The van der Waals surface area contributed by atoms with Crippen LogP contribution in [0.15, 0.2) is 0 Å². The van der Waals surface area contributed by atoms with Crippen LogP contribution in [0.5, 0.6) is 0 Å². The molecule has 0 N–H and O–H groups in total. The van der Waals surface area contributed by atoms with E-state index in [9.17, 15) is 4.79 Å². The Kier molecular flexibility index (Phi) is 9.71. The minimum absolute atomic E-state index is 0.113. The van der Waals surface area contributed by atoms with Crippen molar-refractivity contribution in [2.24, 2.45) is 10.8 Å². The molecule has 144 valence electrons. The van der Waals surface area contributed by atoms with E-state index >= 15 is 0 Å². The molecule has 0 aromatic rings. The summed E-state index contributed by atoms with van der Waals surface area (Å²) in [6.45, 7) is 10.4. The largest absolute Gasteiger partial charge is 0.381 e. The standard InChI is InChI=1S/C21H36O4/c1-6-18(25-19-11-7-8-16-24-19)21(4,5)13-10-15-23-14-9-12-20(2,3)17-22/h1,17-19H,7-16H2,2-5H3. The van der Waals surface area contributed by atoms with Gasteiger partial charge in [0, 0.05) is 30.7 Å². The lowest BCUT2D eigenvalue weighted by atomic mass is 9.82. The zero-order chi connectivity index (χ0) is 18.8. The van der Waals surface area contributed by atoms with E-state index in [0.29, 0.717) is 13.2 Å². The van der Waals surface area contributed by atoms with Gasteiger partial charge in [0.05, 0.1) is 0 Å². The van der Waals surface area contributed by atoms with Gasteiger partial charge in [0.2, 0.25) is 0 Å². The Morgan fingerprint density at radius 1 is 1.20 bits per heavy atom. The van der Waals surface area contributed by atoms with E-state index in [4.69, 9.17) is 20.6 Å². The summed E-state index contributed by atoms with van der Waals surface area (Å²) in [6.07, 6.45) is 13.1. The number of hydrogen-bond acceptors (Lipinski definition) is 4. The van der Waals surface area contributed by atoms with Gasteiger partial charge in [-0.15, -0.1) is 6.42 Å². The highest BCUT2D eigenvalue weighted by Gasteiger charge is 2.31. The quantitative estimate of drug-likeness (QED) is 0.297. The van der Waals surface area contributed by atoms with Crippen LogP contribution in [0.1, 0.15) is 72.6 Å². The van der Waals surface area contributed by atoms with E-state index in [0.717, 1.165) is 57.8 Å². The topological polar surface area (TPSA) is 44.8 Å². The minimum atomic E-state index is -0.246. The van der Waals surface area contributed by atoms with Crippen molar-refractivity contribution in [3.8, 4) is 12.3 Å². The molecule has 0 saturated carbocycles. The second-order valence-corrected chi connectivity index (χ2v) is 8.39. The highest BCUT2D eigenvalue weighted by atomic mass is 16.7.